The number of rotatable bonds is 7. The number of carboxylic acid groups (broad SMARTS) is 1. The Morgan fingerprint density at radius 2 is 2.05 bits per heavy atom. The van der Waals surface area contributed by atoms with Crippen molar-refractivity contribution in [3.63, 3.8) is 0 Å². The number of carboxylic acids is 1. The second-order valence-electron chi connectivity index (χ2n) is 3.96. The largest absolute Gasteiger partial charge is 0.480 e. The van der Waals surface area contributed by atoms with Crippen molar-refractivity contribution in [2.45, 2.75) is 44.3 Å². The van der Waals surface area contributed by atoms with E-state index in [1.54, 1.807) is 18.5 Å². The molecular weight excluding hydrogens is 266 g/mol. The van der Waals surface area contributed by atoms with Crippen LogP contribution in [0.1, 0.15) is 33.1 Å². The van der Waals surface area contributed by atoms with Crippen LogP contribution in [0.4, 0.5) is 0 Å². The zero-order chi connectivity index (χ0) is 14.3. The van der Waals surface area contributed by atoms with Crippen molar-refractivity contribution in [1.82, 2.24) is 14.3 Å². The Morgan fingerprint density at radius 3 is 2.53 bits per heavy atom. The fraction of sp³-hybridized carbons (Fsp3) is 0.500. The topological polar surface area (TPSA) is 83.4 Å². The Labute approximate surface area is 116 Å². The predicted octanol–water partition coefficient (Wildman–Crippen LogP) is 1.98. The van der Waals surface area contributed by atoms with Gasteiger partial charge in [0.15, 0.2) is 0 Å². The van der Waals surface area contributed by atoms with Gasteiger partial charge in [-0.05, 0) is 12.5 Å². The number of aromatic nitrogens is 2. The van der Waals surface area contributed by atoms with Crippen LogP contribution in [0.25, 0.3) is 0 Å². The standard InChI is InChI=1S/C12H17N3O3S/c1-3-4-6-10(11(17)18)15(9(2)16)19-12-13-7-5-8-14-12/h5,7-8,10H,3-4,6H2,1-2H3,(H,17,18). The van der Waals surface area contributed by atoms with Crippen molar-refractivity contribution >= 4 is 23.8 Å². The average Bonchev–Trinajstić information content (AvgIpc) is 2.38. The van der Waals surface area contributed by atoms with Crippen LogP contribution in [0.3, 0.4) is 0 Å². The van der Waals surface area contributed by atoms with Crippen molar-refractivity contribution in [3.8, 4) is 0 Å². The molecule has 0 radical (unpaired) electrons. The monoisotopic (exact) mass is 283 g/mol. The summed E-state index contributed by atoms with van der Waals surface area (Å²) in [7, 11) is 0. The third kappa shape index (κ3) is 4.86. The molecule has 1 aromatic rings. The summed E-state index contributed by atoms with van der Waals surface area (Å²) in [6, 6.07) is 0.805. The number of amides is 1. The first-order valence-electron chi connectivity index (χ1n) is 6.03. The molecule has 0 aliphatic heterocycles. The third-order valence-corrected chi connectivity index (χ3v) is 3.51. The molecule has 0 saturated heterocycles. The summed E-state index contributed by atoms with van der Waals surface area (Å²) < 4.78 is 1.23. The Balaban J connectivity index is 2.85. The van der Waals surface area contributed by atoms with Crippen LogP contribution in [0.5, 0.6) is 0 Å². The summed E-state index contributed by atoms with van der Waals surface area (Å²) >= 11 is 0.964. The Bertz CT molecular complexity index is 427. The smallest absolute Gasteiger partial charge is 0.327 e. The molecule has 0 fully saturated rings. The van der Waals surface area contributed by atoms with Gasteiger partial charge in [-0.3, -0.25) is 9.10 Å². The minimum absolute atomic E-state index is 0.319. The van der Waals surface area contributed by atoms with Gasteiger partial charge in [0.2, 0.25) is 11.1 Å². The summed E-state index contributed by atoms with van der Waals surface area (Å²) in [5.74, 6) is -1.33. The molecule has 0 aliphatic rings. The van der Waals surface area contributed by atoms with Gasteiger partial charge in [-0.1, -0.05) is 19.8 Å². The molecule has 1 aromatic heterocycles. The lowest BCUT2D eigenvalue weighted by atomic mass is 10.1. The zero-order valence-electron chi connectivity index (χ0n) is 10.9. The number of hydrogen-bond donors (Lipinski definition) is 1. The van der Waals surface area contributed by atoms with Crippen LogP contribution < -0.4 is 0 Å². The van der Waals surface area contributed by atoms with Gasteiger partial charge in [-0.15, -0.1) is 0 Å². The molecule has 19 heavy (non-hydrogen) atoms. The van der Waals surface area contributed by atoms with Gasteiger partial charge in [0.25, 0.3) is 0 Å². The van der Waals surface area contributed by atoms with Crippen LogP contribution >= 0.6 is 11.9 Å². The fourth-order valence-corrected chi connectivity index (χ4v) is 2.35. The first-order chi connectivity index (χ1) is 9.06. The van der Waals surface area contributed by atoms with Gasteiger partial charge >= 0.3 is 5.97 Å². The number of carbonyl (C=O) groups excluding carboxylic acids is 1. The van der Waals surface area contributed by atoms with Crippen molar-refractivity contribution in [2.24, 2.45) is 0 Å². The molecule has 6 nitrogen and oxygen atoms in total. The maximum absolute atomic E-state index is 11.6. The van der Waals surface area contributed by atoms with Gasteiger partial charge in [0.05, 0.1) is 0 Å². The maximum atomic E-state index is 11.6. The van der Waals surface area contributed by atoms with Gasteiger partial charge in [0.1, 0.15) is 6.04 Å². The molecule has 7 heteroatoms. The molecule has 0 spiro atoms. The summed E-state index contributed by atoms with van der Waals surface area (Å²) in [5.41, 5.74) is 0. The second kappa shape index (κ2) is 7.73. The number of nitrogens with zero attached hydrogens (tertiary/aromatic N) is 3. The van der Waals surface area contributed by atoms with Crippen molar-refractivity contribution in [1.29, 1.82) is 0 Å². The van der Waals surface area contributed by atoms with E-state index >= 15 is 0 Å². The van der Waals surface area contributed by atoms with Gasteiger partial charge < -0.3 is 5.11 Å². The molecule has 1 unspecified atom stereocenters. The van der Waals surface area contributed by atoms with E-state index in [1.165, 1.54) is 11.2 Å². The molecule has 1 N–H and O–H groups in total. The summed E-state index contributed by atoms with van der Waals surface area (Å²) in [6.07, 6.45) is 5.15. The van der Waals surface area contributed by atoms with Crippen LogP contribution in [0, 0.1) is 0 Å². The molecule has 1 rings (SSSR count). The Hall–Kier alpha value is -1.63. The first kappa shape index (κ1) is 15.4. The van der Waals surface area contributed by atoms with Crippen molar-refractivity contribution in [3.05, 3.63) is 18.5 Å². The molecule has 1 heterocycles. The molecular formula is C12H17N3O3S. The Morgan fingerprint density at radius 1 is 1.42 bits per heavy atom. The quantitative estimate of drug-likeness (QED) is 0.608. The normalized spacial score (nSPS) is 11.9. The molecule has 0 aromatic carbocycles. The Kier molecular flexibility index (Phi) is 6.27. The van der Waals surface area contributed by atoms with E-state index < -0.39 is 12.0 Å². The third-order valence-electron chi connectivity index (χ3n) is 2.43. The highest BCUT2D eigenvalue weighted by molar-refractivity contribution is 7.97. The van der Waals surface area contributed by atoms with Gasteiger partial charge in [-0.25, -0.2) is 14.8 Å². The predicted molar refractivity (Wildman–Crippen MR) is 71.4 cm³/mol. The highest BCUT2D eigenvalue weighted by Gasteiger charge is 2.29. The van der Waals surface area contributed by atoms with Gasteiger partial charge in [0, 0.05) is 31.3 Å². The maximum Gasteiger partial charge on any atom is 0.327 e. The number of carbonyl (C=O) groups is 2. The second-order valence-corrected chi connectivity index (χ2v) is 4.90. The number of hydrogen-bond acceptors (Lipinski definition) is 5. The lowest BCUT2D eigenvalue weighted by Crippen LogP contribution is -2.39. The highest BCUT2D eigenvalue weighted by Crippen LogP contribution is 2.24. The van der Waals surface area contributed by atoms with E-state index in [0.29, 0.717) is 11.6 Å². The van der Waals surface area contributed by atoms with Crippen molar-refractivity contribution < 1.29 is 14.7 Å². The SMILES string of the molecule is CCCCC(C(=O)O)N(Sc1ncccn1)C(C)=O. The van der Waals surface area contributed by atoms with Crippen LogP contribution in [-0.4, -0.2) is 37.3 Å². The van der Waals surface area contributed by atoms with Crippen LogP contribution in [-0.2, 0) is 9.59 Å². The lowest BCUT2D eigenvalue weighted by molar-refractivity contribution is -0.145. The molecule has 1 atom stereocenters. The van der Waals surface area contributed by atoms with E-state index in [9.17, 15) is 14.7 Å². The van der Waals surface area contributed by atoms with Crippen LogP contribution in [0.15, 0.2) is 23.6 Å². The van der Waals surface area contributed by atoms with Gasteiger partial charge in [-0.2, -0.15) is 0 Å². The summed E-state index contributed by atoms with van der Waals surface area (Å²) in [6.45, 7) is 3.32. The fourth-order valence-electron chi connectivity index (χ4n) is 1.51. The van der Waals surface area contributed by atoms with E-state index in [4.69, 9.17) is 0 Å². The van der Waals surface area contributed by atoms with Crippen LogP contribution in [0.2, 0.25) is 0 Å². The summed E-state index contributed by atoms with van der Waals surface area (Å²) in [4.78, 5) is 30.9. The number of aliphatic carboxylic acids is 1. The molecule has 1 amide bonds. The van der Waals surface area contributed by atoms with E-state index in [1.807, 2.05) is 6.92 Å². The van der Waals surface area contributed by atoms with Crippen molar-refractivity contribution in [2.75, 3.05) is 0 Å². The highest BCUT2D eigenvalue weighted by atomic mass is 32.2. The lowest BCUT2D eigenvalue weighted by Gasteiger charge is -2.25. The van der Waals surface area contributed by atoms with E-state index in [2.05, 4.69) is 9.97 Å². The average molecular weight is 283 g/mol. The van der Waals surface area contributed by atoms with E-state index in [0.717, 1.165) is 24.8 Å². The molecule has 0 saturated carbocycles. The first-order valence-corrected chi connectivity index (χ1v) is 6.81. The molecule has 0 aliphatic carbocycles. The minimum atomic E-state index is -1.01. The zero-order valence-corrected chi connectivity index (χ0v) is 11.8. The molecule has 0 bridgehead atoms. The molecule has 104 valence electrons. The number of unbranched alkanes of at least 4 members (excludes halogenated alkanes) is 1. The van der Waals surface area contributed by atoms with E-state index in [-0.39, 0.29) is 5.91 Å². The summed E-state index contributed by atoms with van der Waals surface area (Å²) in [5, 5.41) is 9.61. The minimum Gasteiger partial charge on any atom is -0.480 e.